The molecule has 3 rings (SSSR count). The molecule has 5 nitrogen and oxygen atoms in total. The molecular formula is C15H15BrN4OS. The third-order valence-corrected chi connectivity index (χ3v) is 4.81. The van der Waals surface area contributed by atoms with Crippen LogP contribution in [-0.4, -0.2) is 19.6 Å². The average molecular weight is 379 g/mol. The first-order chi connectivity index (χ1) is 10.5. The Morgan fingerprint density at radius 1 is 1.27 bits per heavy atom. The Bertz CT molecular complexity index is 854. The minimum Gasteiger partial charge on any atom is -0.291 e. The molecule has 0 unspecified atom stereocenters. The summed E-state index contributed by atoms with van der Waals surface area (Å²) in [6.45, 7) is 4.11. The first-order valence-corrected chi connectivity index (χ1v) is 8.68. The number of nitrogens with one attached hydrogen (secondary N) is 1. The molecule has 0 radical (unpaired) electrons. The van der Waals surface area contributed by atoms with Gasteiger partial charge in [-0.2, -0.15) is 0 Å². The van der Waals surface area contributed by atoms with Crippen LogP contribution in [0.25, 0.3) is 5.78 Å². The molecule has 0 amide bonds. The molecule has 0 atom stereocenters. The second kappa shape index (κ2) is 6.26. The molecule has 1 N–H and O–H groups in total. The second-order valence-electron chi connectivity index (χ2n) is 5.27. The molecule has 0 saturated carbocycles. The second-order valence-corrected chi connectivity index (χ2v) is 7.13. The van der Waals surface area contributed by atoms with Crippen LogP contribution in [0.2, 0.25) is 0 Å². The number of nitrogens with zero attached hydrogens (tertiary/aromatic N) is 3. The minimum atomic E-state index is -0.145. The molecule has 0 aliphatic heterocycles. The lowest BCUT2D eigenvalue weighted by Gasteiger charge is -2.09. The van der Waals surface area contributed by atoms with Gasteiger partial charge in [-0.05, 0) is 23.6 Å². The zero-order chi connectivity index (χ0) is 15.7. The van der Waals surface area contributed by atoms with Gasteiger partial charge in [0, 0.05) is 22.0 Å². The van der Waals surface area contributed by atoms with Crippen LogP contribution in [0.3, 0.4) is 0 Å². The van der Waals surface area contributed by atoms with Crippen molar-refractivity contribution in [2.45, 2.75) is 30.7 Å². The lowest BCUT2D eigenvalue weighted by molar-refractivity contribution is 0.754. The normalized spacial score (nSPS) is 11.5. The summed E-state index contributed by atoms with van der Waals surface area (Å²) >= 11 is 5.04. The quantitative estimate of drug-likeness (QED) is 0.704. The Hall–Kier alpha value is -1.60. The summed E-state index contributed by atoms with van der Waals surface area (Å²) in [6, 6.07) is 9.81. The van der Waals surface area contributed by atoms with Crippen molar-refractivity contribution >= 4 is 33.5 Å². The van der Waals surface area contributed by atoms with Gasteiger partial charge in [0.05, 0.1) is 0 Å². The molecule has 0 spiro atoms. The lowest BCUT2D eigenvalue weighted by Crippen LogP contribution is -2.12. The van der Waals surface area contributed by atoms with Crippen LogP contribution in [0, 0.1) is 0 Å². The van der Waals surface area contributed by atoms with Gasteiger partial charge >= 0.3 is 0 Å². The van der Waals surface area contributed by atoms with Crippen molar-refractivity contribution in [3.8, 4) is 0 Å². The Labute approximate surface area is 140 Å². The minimum absolute atomic E-state index is 0.145. The highest BCUT2D eigenvalue weighted by molar-refractivity contribution is 9.10. The Balaban J connectivity index is 1.94. The molecule has 3 aromatic rings. The number of aromatic amines is 1. The topological polar surface area (TPSA) is 63.0 Å². The van der Waals surface area contributed by atoms with E-state index in [4.69, 9.17) is 0 Å². The molecule has 0 bridgehead atoms. The molecule has 2 heterocycles. The molecule has 7 heteroatoms. The highest BCUT2D eigenvalue weighted by atomic mass is 79.9. The van der Waals surface area contributed by atoms with Crippen molar-refractivity contribution in [3.05, 3.63) is 56.4 Å². The van der Waals surface area contributed by atoms with Crippen molar-refractivity contribution < 1.29 is 0 Å². The van der Waals surface area contributed by atoms with Crippen LogP contribution >= 0.6 is 27.7 Å². The van der Waals surface area contributed by atoms with Gasteiger partial charge in [-0.1, -0.05) is 53.7 Å². The largest absolute Gasteiger partial charge is 0.291 e. The van der Waals surface area contributed by atoms with Gasteiger partial charge in [0.25, 0.3) is 5.56 Å². The number of aromatic nitrogens is 4. The Morgan fingerprint density at radius 3 is 2.68 bits per heavy atom. The summed E-state index contributed by atoms with van der Waals surface area (Å²) in [5.41, 5.74) is 1.98. The molecule has 0 saturated heterocycles. The van der Waals surface area contributed by atoms with Crippen molar-refractivity contribution in [2.24, 2.45) is 0 Å². The molecule has 1 aromatic carbocycles. The summed E-state index contributed by atoms with van der Waals surface area (Å²) in [4.78, 5) is 14.4. The van der Waals surface area contributed by atoms with E-state index in [9.17, 15) is 4.79 Å². The van der Waals surface area contributed by atoms with E-state index in [0.29, 0.717) is 5.78 Å². The molecule has 0 aliphatic rings. The van der Waals surface area contributed by atoms with E-state index in [1.54, 1.807) is 17.8 Å². The number of benzene rings is 1. The van der Waals surface area contributed by atoms with Crippen LogP contribution in [0.4, 0.5) is 0 Å². The van der Waals surface area contributed by atoms with Gasteiger partial charge in [-0.25, -0.2) is 0 Å². The predicted octanol–water partition coefficient (Wildman–Crippen LogP) is 3.60. The smallest absolute Gasteiger partial charge is 0.252 e. The fraction of sp³-hybridized carbons (Fsp3) is 0.267. The van der Waals surface area contributed by atoms with E-state index >= 15 is 0 Å². The summed E-state index contributed by atoms with van der Waals surface area (Å²) < 4.78 is 2.99. The fourth-order valence-corrected chi connectivity index (χ4v) is 3.35. The number of halogens is 1. The fourth-order valence-electron chi connectivity index (χ4n) is 2.18. The van der Waals surface area contributed by atoms with Crippen molar-refractivity contribution in [3.63, 3.8) is 0 Å². The Kier molecular flexibility index (Phi) is 4.35. The first-order valence-electron chi connectivity index (χ1n) is 6.90. The summed E-state index contributed by atoms with van der Waals surface area (Å²) in [5.74, 6) is 1.51. The number of fused-ring (bicyclic) bond motifs is 1. The number of hydrogen-bond donors (Lipinski definition) is 1. The lowest BCUT2D eigenvalue weighted by atomic mass is 10.1. The summed E-state index contributed by atoms with van der Waals surface area (Å²) in [5, 5.41) is 9.08. The predicted molar refractivity (Wildman–Crippen MR) is 91.4 cm³/mol. The van der Waals surface area contributed by atoms with Crippen LogP contribution in [0.1, 0.15) is 31.0 Å². The van der Waals surface area contributed by atoms with E-state index in [-0.39, 0.29) is 11.5 Å². The maximum Gasteiger partial charge on any atom is 0.252 e. The van der Waals surface area contributed by atoms with Crippen molar-refractivity contribution in [2.75, 3.05) is 0 Å². The van der Waals surface area contributed by atoms with E-state index in [1.165, 1.54) is 5.56 Å². The maximum absolute atomic E-state index is 11.7. The van der Waals surface area contributed by atoms with Gasteiger partial charge in [-0.15, -0.1) is 10.2 Å². The average Bonchev–Trinajstić information content (AvgIpc) is 2.88. The maximum atomic E-state index is 11.7. The standard InChI is InChI=1S/C15H15BrN4OS/c1-9(2)12-7-13(21)17-14-18-19-15(20(12)14)22-8-10-3-5-11(16)6-4-10/h3-7,9H,8H2,1-2H3,(H,17,18,21). The monoisotopic (exact) mass is 378 g/mol. The molecule has 0 fully saturated rings. The van der Waals surface area contributed by atoms with Crippen molar-refractivity contribution in [1.82, 2.24) is 19.6 Å². The molecule has 2 aromatic heterocycles. The zero-order valence-electron chi connectivity index (χ0n) is 12.2. The van der Waals surface area contributed by atoms with Crippen LogP contribution < -0.4 is 5.56 Å². The van der Waals surface area contributed by atoms with E-state index < -0.39 is 0 Å². The SMILES string of the molecule is CC(C)c1cc(=O)[nH]c2nnc(SCc3ccc(Br)cc3)n12. The van der Waals surface area contributed by atoms with Crippen LogP contribution in [0.15, 0.2) is 44.8 Å². The zero-order valence-corrected chi connectivity index (χ0v) is 14.6. The van der Waals surface area contributed by atoms with E-state index in [1.807, 2.05) is 16.5 Å². The third kappa shape index (κ3) is 3.10. The Morgan fingerprint density at radius 2 is 2.00 bits per heavy atom. The van der Waals surface area contributed by atoms with Crippen molar-refractivity contribution in [1.29, 1.82) is 0 Å². The highest BCUT2D eigenvalue weighted by Gasteiger charge is 2.14. The van der Waals surface area contributed by atoms with E-state index in [2.05, 4.69) is 57.1 Å². The highest BCUT2D eigenvalue weighted by Crippen LogP contribution is 2.25. The van der Waals surface area contributed by atoms with Gasteiger partial charge in [0.15, 0.2) is 5.16 Å². The van der Waals surface area contributed by atoms with Gasteiger partial charge in [0.2, 0.25) is 5.78 Å². The van der Waals surface area contributed by atoms with Gasteiger partial charge < -0.3 is 0 Å². The third-order valence-electron chi connectivity index (χ3n) is 3.28. The molecular weight excluding hydrogens is 364 g/mol. The number of hydrogen-bond acceptors (Lipinski definition) is 4. The first kappa shape index (κ1) is 15.3. The van der Waals surface area contributed by atoms with E-state index in [0.717, 1.165) is 21.1 Å². The van der Waals surface area contributed by atoms with Crippen LogP contribution in [0.5, 0.6) is 0 Å². The van der Waals surface area contributed by atoms with Gasteiger partial charge in [0.1, 0.15) is 0 Å². The summed E-state index contributed by atoms with van der Waals surface area (Å²) in [6.07, 6.45) is 0. The van der Waals surface area contributed by atoms with Crippen LogP contribution in [-0.2, 0) is 5.75 Å². The van der Waals surface area contributed by atoms with Gasteiger partial charge in [-0.3, -0.25) is 14.2 Å². The molecule has 114 valence electrons. The number of thioether (sulfide) groups is 1. The number of rotatable bonds is 4. The molecule has 0 aliphatic carbocycles. The number of H-pyrrole nitrogens is 1. The summed E-state index contributed by atoms with van der Waals surface area (Å²) in [7, 11) is 0. The molecule has 22 heavy (non-hydrogen) atoms.